The average molecular weight is 496 g/mol. The van der Waals surface area contributed by atoms with Crippen molar-refractivity contribution in [3.8, 4) is 0 Å². The Morgan fingerprint density at radius 2 is 1.75 bits per heavy atom. The molecule has 4 rings (SSSR count). The molecule has 1 aromatic carbocycles. The Labute approximate surface area is 212 Å². The van der Waals surface area contributed by atoms with Crippen molar-refractivity contribution in [3.63, 3.8) is 0 Å². The highest BCUT2D eigenvalue weighted by Crippen LogP contribution is 2.26. The van der Waals surface area contributed by atoms with Crippen molar-refractivity contribution in [1.29, 1.82) is 0 Å². The molecule has 0 radical (unpaired) electrons. The van der Waals surface area contributed by atoms with Gasteiger partial charge >= 0.3 is 5.97 Å². The fourth-order valence-electron chi connectivity index (χ4n) is 4.88. The number of benzene rings is 1. The van der Waals surface area contributed by atoms with Crippen molar-refractivity contribution in [2.24, 2.45) is 5.92 Å². The van der Waals surface area contributed by atoms with Gasteiger partial charge in [0.2, 0.25) is 11.8 Å². The number of ether oxygens (including phenoxy) is 1. The van der Waals surface area contributed by atoms with Gasteiger partial charge < -0.3 is 24.8 Å². The van der Waals surface area contributed by atoms with Gasteiger partial charge in [-0.2, -0.15) is 0 Å². The van der Waals surface area contributed by atoms with Gasteiger partial charge in [-0.3, -0.25) is 14.4 Å². The van der Waals surface area contributed by atoms with Gasteiger partial charge in [-0.1, -0.05) is 0 Å². The van der Waals surface area contributed by atoms with E-state index in [1.54, 1.807) is 11.8 Å². The van der Waals surface area contributed by atoms with Crippen LogP contribution < -0.4 is 10.2 Å². The molecule has 36 heavy (non-hydrogen) atoms. The third-order valence-electron chi connectivity index (χ3n) is 7.15. The Morgan fingerprint density at radius 1 is 1.03 bits per heavy atom. The molecule has 2 fully saturated rings. The molecule has 9 nitrogen and oxygen atoms in total. The number of pyridine rings is 1. The summed E-state index contributed by atoms with van der Waals surface area (Å²) in [6.07, 6.45) is 1.49. The minimum atomic E-state index is -0.191. The molecule has 2 aliphatic rings. The summed E-state index contributed by atoms with van der Waals surface area (Å²) >= 11 is 0. The van der Waals surface area contributed by atoms with Crippen LogP contribution in [-0.4, -0.2) is 85.5 Å². The number of aryl methyl sites for hydroxylation is 1. The minimum absolute atomic E-state index is 0.0533. The number of piperazine rings is 1. The summed E-state index contributed by atoms with van der Waals surface area (Å²) in [5, 5.41) is 3.93. The molecule has 1 N–H and O–H groups in total. The Kier molecular flexibility index (Phi) is 8.40. The van der Waals surface area contributed by atoms with E-state index >= 15 is 0 Å². The number of carbonyl (C=O) groups excluding carboxylic acids is 3. The number of nitrogens with zero attached hydrogens (tertiary/aromatic N) is 4. The van der Waals surface area contributed by atoms with Crippen molar-refractivity contribution in [1.82, 2.24) is 14.8 Å². The van der Waals surface area contributed by atoms with Gasteiger partial charge in [0.05, 0.1) is 18.0 Å². The molecule has 194 valence electrons. The lowest BCUT2D eigenvalue weighted by Gasteiger charge is -2.33. The highest BCUT2D eigenvalue weighted by atomic mass is 16.5. The standard InChI is InChI=1S/C27H37N5O4/c1-4-36-27(35)20-9-11-32(12-10-20)26(34)8-7-25(33)28-21-5-6-23-22(18-21)19(2)17-24(29-23)31-15-13-30(3)14-16-31/h5-6,17-18,20H,4,7-16H2,1-3H3,(H,28,33). The van der Waals surface area contributed by atoms with Crippen LogP contribution in [0, 0.1) is 12.8 Å². The van der Waals surface area contributed by atoms with E-state index in [4.69, 9.17) is 9.72 Å². The van der Waals surface area contributed by atoms with Crippen molar-refractivity contribution in [2.75, 3.05) is 63.1 Å². The third kappa shape index (κ3) is 6.32. The molecule has 0 spiro atoms. The van der Waals surface area contributed by atoms with Gasteiger partial charge in [0.15, 0.2) is 0 Å². The average Bonchev–Trinajstić information content (AvgIpc) is 2.88. The molecule has 0 aliphatic carbocycles. The fourth-order valence-corrected chi connectivity index (χ4v) is 4.88. The smallest absolute Gasteiger partial charge is 0.309 e. The predicted octanol–water partition coefficient (Wildman–Crippen LogP) is 2.82. The molecular weight excluding hydrogens is 458 g/mol. The summed E-state index contributed by atoms with van der Waals surface area (Å²) in [5.41, 5.74) is 2.72. The van der Waals surface area contributed by atoms with Crippen LogP contribution >= 0.6 is 0 Å². The van der Waals surface area contributed by atoms with Crippen LogP contribution in [0.25, 0.3) is 10.9 Å². The molecule has 9 heteroatoms. The summed E-state index contributed by atoms with van der Waals surface area (Å²) < 4.78 is 5.08. The second-order valence-electron chi connectivity index (χ2n) is 9.77. The van der Waals surface area contributed by atoms with Crippen LogP contribution in [0.1, 0.15) is 38.2 Å². The van der Waals surface area contributed by atoms with Gasteiger partial charge in [-0.15, -0.1) is 0 Å². The second-order valence-corrected chi connectivity index (χ2v) is 9.77. The summed E-state index contributed by atoms with van der Waals surface area (Å²) in [7, 11) is 2.14. The van der Waals surface area contributed by atoms with Crippen molar-refractivity contribution in [3.05, 3.63) is 29.8 Å². The Hall–Kier alpha value is -3.20. The zero-order valence-corrected chi connectivity index (χ0v) is 21.6. The maximum absolute atomic E-state index is 12.6. The zero-order valence-electron chi connectivity index (χ0n) is 21.6. The topological polar surface area (TPSA) is 95.1 Å². The monoisotopic (exact) mass is 495 g/mol. The number of likely N-dealkylation sites (N-methyl/N-ethyl adjacent to an activating group) is 1. The molecule has 0 unspecified atom stereocenters. The van der Waals surface area contributed by atoms with E-state index in [1.165, 1.54) is 0 Å². The van der Waals surface area contributed by atoms with Crippen LogP contribution in [0.3, 0.4) is 0 Å². The first kappa shape index (κ1) is 25.9. The summed E-state index contributed by atoms with van der Waals surface area (Å²) in [5.74, 6) is 0.432. The fraction of sp³-hybridized carbons (Fsp3) is 0.556. The maximum Gasteiger partial charge on any atom is 0.309 e. The van der Waals surface area contributed by atoms with Crippen LogP contribution in [0.2, 0.25) is 0 Å². The summed E-state index contributed by atoms with van der Waals surface area (Å²) in [4.78, 5) is 48.2. The van der Waals surface area contributed by atoms with Gasteiger partial charge in [-0.05, 0) is 63.6 Å². The lowest BCUT2D eigenvalue weighted by molar-refractivity contribution is -0.151. The zero-order chi connectivity index (χ0) is 25.7. The largest absolute Gasteiger partial charge is 0.466 e. The number of rotatable bonds is 7. The lowest BCUT2D eigenvalue weighted by Crippen LogP contribution is -2.44. The predicted molar refractivity (Wildman–Crippen MR) is 140 cm³/mol. The van der Waals surface area contributed by atoms with E-state index in [1.807, 2.05) is 18.2 Å². The van der Waals surface area contributed by atoms with Crippen LogP contribution in [0.15, 0.2) is 24.3 Å². The third-order valence-corrected chi connectivity index (χ3v) is 7.15. The van der Waals surface area contributed by atoms with E-state index < -0.39 is 0 Å². The quantitative estimate of drug-likeness (QED) is 0.590. The number of esters is 1. The van der Waals surface area contributed by atoms with E-state index in [2.05, 4.69) is 35.2 Å². The second kappa shape index (κ2) is 11.7. The first-order valence-corrected chi connectivity index (χ1v) is 12.9. The first-order chi connectivity index (χ1) is 17.3. The van der Waals surface area contributed by atoms with Gasteiger partial charge in [0, 0.05) is 63.2 Å². The van der Waals surface area contributed by atoms with Crippen molar-refractivity contribution in [2.45, 2.75) is 39.5 Å². The molecule has 0 bridgehead atoms. The maximum atomic E-state index is 12.6. The molecular formula is C27H37N5O4. The highest BCUT2D eigenvalue weighted by molar-refractivity contribution is 5.96. The number of hydrogen-bond donors (Lipinski definition) is 1. The van der Waals surface area contributed by atoms with Crippen LogP contribution in [-0.2, 0) is 19.1 Å². The van der Waals surface area contributed by atoms with Crippen molar-refractivity contribution < 1.29 is 19.1 Å². The minimum Gasteiger partial charge on any atom is -0.466 e. The number of hydrogen-bond acceptors (Lipinski definition) is 7. The number of likely N-dealkylation sites (tertiary alicyclic amines) is 1. The SMILES string of the molecule is CCOC(=O)C1CCN(C(=O)CCC(=O)Nc2ccc3nc(N4CCN(C)CC4)cc(C)c3c2)CC1. The number of piperidine rings is 1. The van der Waals surface area contributed by atoms with Gasteiger partial charge in [0.1, 0.15) is 5.82 Å². The van der Waals surface area contributed by atoms with E-state index in [0.717, 1.165) is 48.5 Å². The summed E-state index contributed by atoms with van der Waals surface area (Å²) in [6.45, 7) is 9.26. The molecule has 2 aliphatic heterocycles. The lowest BCUT2D eigenvalue weighted by atomic mass is 9.96. The molecule has 0 saturated carbocycles. The van der Waals surface area contributed by atoms with Crippen LogP contribution in [0.5, 0.6) is 0 Å². The molecule has 0 atom stereocenters. The van der Waals surface area contributed by atoms with E-state index in [9.17, 15) is 14.4 Å². The number of carbonyl (C=O) groups is 3. The Morgan fingerprint density at radius 3 is 2.44 bits per heavy atom. The van der Waals surface area contributed by atoms with E-state index in [-0.39, 0.29) is 36.5 Å². The summed E-state index contributed by atoms with van der Waals surface area (Å²) in [6, 6.07) is 7.87. The normalized spacial score (nSPS) is 17.3. The molecule has 2 aromatic rings. The number of anilines is 2. The van der Waals surface area contributed by atoms with Crippen molar-refractivity contribution >= 4 is 40.2 Å². The molecule has 1 aromatic heterocycles. The van der Waals surface area contributed by atoms with Gasteiger partial charge in [-0.25, -0.2) is 4.98 Å². The Balaban J connectivity index is 1.29. The number of fused-ring (bicyclic) bond motifs is 1. The molecule has 2 amide bonds. The van der Waals surface area contributed by atoms with E-state index in [0.29, 0.717) is 38.2 Å². The molecule has 2 saturated heterocycles. The number of amides is 2. The highest BCUT2D eigenvalue weighted by Gasteiger charge is 2.28. The van der Waals surface area contributed by atoms with Gasteiger partial charge in [0.25, 0.3) is 0 Å². The Bertz CT molecular complexity index is 1100. The number of aromatic nitrogens is 1. The number of nitrogens with one attached hydrogen (secondary N) is 1. The molecule has 3 heterocycles. The first-order valence-electron chi connectivity index (χ1n) is 12.9. The van der Waals surface area contributed by atoms with Crippen LogP contribution in [0.4, 0.5) is 11.5 Å².